The number of fused-ring (bicyclic) bond motifs is 1. The van der Waals surface area contributed by atoms with E-state index in [0.29, 0.717) is 5.01 Å². The van der Waals surface area contributed by atoms with Crippen molar-refractivity contribution in [2.75, 3.05) is 7.05 Å². The zero-order valence-corrected chi connectivity index (χ0v) is 15.9. The average molecular weight is 416 g/mol. The number of alkyl halides is 3. The van der Waals surface area contributed by atoms with Gasteiger partial charge in [0.15, 0.2) is 0 Å². The molecular weight excluding hydrogens is 401 g/mol. The van der Waals surface area contributed by atoms with Crippen molar-refractivity contribution in [2.45, 2.75) is 24.2 Å². The van der Waals surface area contributed by atoms with E-state index in [2.05, 4.69) is 9.72 Å². The highest BCUT2D eigenvalue weighted by molar-refractivity contribution is 7.89. The van der Waals surface area contributed by atoms with Crippen LogP contribution in [0.25, 0.3) is 10.2 Å². The Kier molecular flexibility index (Phi) is 5.15. The first-order valence-corrected chi connectivity index (χ1v) is 10.0. The van der Waals surface area contributed by atoms with E-state index in [1.54, 1.807) is 6.92 Å². The number of sulfonamides is 1. The molecule has 0 saturated heterocycles. The van der Waals surface area contributed by atoms with Crippen molar-refractivity contribution < 1.29 is 26.3 Å². The molecule has 144 valence electrons. The van der Waals surface area contributed by atoms with E-state index in [1.807, 2.05) is 24.3 Å². The fourth-order valence-corrected chi connectivity index (χ4v) is 4.87. The van der Waals surface area contributed by atoms with E-state index in [-0.39, 0.29) is 4.90 Å². The second kappa shape index (κ2) is 7.10. The molecule has 1 heterocycles. The lowest BCUT2D eigenvalue weighted by atomic mass is 10.3. The highest BCUT2D eigenvalue weighted by atomic mass is 32.2. The quantitative estimate of drug-likeness (QED) is 0.611. The largest absolute Gasteiger partial charge is 0.573 e. The molecule has 0 saturated carbocycles. The number of nitrogens with zero attached hydrogens (tertiary/aromatic N) is 2. The van der Waals surface area contributed by atoms with Crippen LogP contribution in [0.2, 0.25) is 0 Å². The van der Waals surface area contributed by atoms with Crippen LogP contribution in [0.15, 0.2) is 53.4 Å². The number of hydrogen-bond donors (Lipinski definition) is 0. The molecule has 1 aromatic heterocycles. The highest BCUT2D eigenvalue weighted by Crippen LogP contribution is 2.32. The molecule has 0 amide bonds. The van der Waals surface area contributed by atoms with Gasteiger partial charge in [0.25, 0.3) is 0 Å². The number of rotatable bonds is 5. The summed E-state index contributed by atoms with van der Waals surface area (Å²) in [6, 6.07) is 11.0. The average Bonchev–Trinajstić information content (AvgIpc) is 3.03. The molecular formula is C17H15F3N2O3S2. The van der Waals surface area contributed by atoms with Crippen LogP contribution in [0.4, 0.5) is 13.2 Å². The normalized spacial score (nSPS) is 13.9. The molecule has 0 aliphatic carbocycles. The molecule has 3 aromatic rings. The lowest BCUT2D eigenvalue weighted by Crippen LogP contribution is -2.29. The molecule has 5 nitrogen and oxygen atoms in total. The Labute approximate surface area is 158 Å². The van der Waals surface area contributed by atoms with Gasteiger partial charge in [0, 0.05) is 7.05 Å². The van der Waals surface area contributed by atoms with E-state index in [4.69, 9.17) is 0 Å². The van der Waals surface area contributed by atoms with Gasteiger partial charge in [-0.25, -0.2) is 13.4 Å². The summed E-state index contributed by atoms with van der Waals surface area (Å²) in [6.45, 7) is 1.70. The second-order valence-electron chi connectivity index (χ2n) is 5.74. The van der Waals surface area contributed by atoms with Crippen LogP contribution in [0.1, 0.15) is 18.0 Å². The van der Waals surface area contributed by atoms with Crippen LogP contribution >= 0.6 is 11.3 Å². The highest BCUT2D eigenvalue weighted by Gasteiger charge is 2.32. The number of aromatic nitrogens is 1. The molecule has 10 heteroatoms. The first kappa shape index (κ1) is 19.6. The number of para-hydroxylation sites is 1. The molecule has 0 aliphatic rings. The maximum atomic E-state index is 12.8. The summed E-state index contributed by atoms with van der Waals surface area (Å²) in [5.41, 5.74) is 0.781. The zero-order chi connectivity index (χ0) is 19.8. The Bertz CT molecular complexity index is 1010. The maximum Gasteiger partial charge on any atom is 0.573 e. The van der Waals surface area contributed by atoms with Crippen LogP contribution in [0.3, 0.4) is 0 Å². The SMILES string of the molecule is CC(c1nc2ccccc2s1)N(C)S(=O)(=O)c1ccc(OC(F)(F)F)cc1. The van der Waals surface area contributed by atoms with Crippen molar-refractivity contribution in [3.63, 3.8) is 0 Å². The molecule has 3 rings (SSSR count). The fourth-order valence-electron chi connectivity index (χ4n) is 2.41. The van der Waals surface area contributed by atoms with Gasteiger partial charge in [-0.15, -0.1) is 24.5 Å². The van der Waals surface area contributed by atoms with Gasteiger partial charge in [-0.3, -0.25) is 0 Å². The molecule has 0 fully saturated rings. The minimum Gasteiger partial charge on any atom is -0.406 e. The smallest absolute Gasteiger partial charge is 0.406 e. The lowest BCUT2D eigenvalue weighted by Gasteiger charge is -2.22. The Morgan fingerprint density at radius 1 is 1.11 bits per heavy atom. The lowest BCUT2D eigenvalue weighted by molar-refractivity contribution is -0.274. The summed E-state index contributed by atoms with van der Waals surface area (Å²) in [4.78, 5) is 4.33. The van der Waals surface area contributed by atoms with Crippen LogP contribution in [0, 0.1) is 0 Å². The topological polar surface area (TPSA) is 59.5 Å². The van der Waals surface area contributed by atoms with Crippen LogP contribution in [-0.4, -0.2) is 31.1 Å². The van der Waals surface area contributed by atoms with E-state index >= 15 is 0 Å². The maximum absolute atomic E-state index is 12.8. The van der Waals surface area contributed by atoms with E-state index in [0.717, 1.165) is 38.8 Å². The van der Waals surface area contributed by atoms with Gasteiger partial charge in [-0.05, 0) is 43.3 Å². The van der Waals surface area contributed by atoms with E-state index in [1.165, 1.54) is 18.4 Å². The van der Waals surface area contributed by atoms with Gasteiger partial charge in [-0.1, -0.05) is 12.1 Å². The molecule has 0 N–H and O–H groups in total. The number of hydrogen-bond acceptors (Lipinski definition) is 5. The molecule has 0 spiro atoms. The van der Waals surface area contributed by atoms with Gasteiger partial charge >= 0.3 is 6.36 Å². The molecule has 1 atom stereocenters. The standard InChI is InChI=1S/C17H15F3N2O3S2/c1-11(16-21-14-5-3-4-6-15(14)26-16)22(2)27(23,24)13-9-7-12(8-10-13)25-17(18,19)20/h3-11H,1-2H3. The molecule has 27 heavy (non-hydrogen) atoms. The van der Waals surface area contributed by atoms with Gasteiger partial charge in [-0.2, -0.15) is 4.31 Å². The summed E-state index contributed by atoms with van der Waals surface area (Å²) < 4.78 is 68.1. The van der Waals surface area contributed by atoms with E-state index in [9.17, 15) is 21.6 Å². The van der Waals surface area contributed by atoms with Crippen molar-refractivity contribution >= 4 is 31.6 Å². The third-order valence-corrected chi connectivity index (χ3v) is 7.10. The van der Waals surface area contributed by atoms with Crippen molar-refractivity contribution in [2.24, 2.45) is 0 Å². The predicted octanol–water partition coefficient (Wildman–Crippen LogP) is 4.58. The van der Waals surface area contributed by atoms with Crippen molar-refractivity contribution in [3.8, 4) is 5.75 Å². The second-order valence-corrected chi connectivity index (χ2v) is 8.80. The summed E-state index contributed by atoms with van der Waals surface area (Å²) in [5.74, 6) is -0.483. The molecule has 0 radical (unpaired) electrons. The first-order chi connectivity index (χ1) is 12.6. The zero-order valence-electron chi connectivity index (χ0n) is 14.3. The van der Waals surface area contributed by atoms with Crippen molar-refractivity contribution in [1.29, 1.82) is 0 Å². The Morgan fingerprint density at radius 2 is 1.74 bits per heavy atom. The third kappa shape index (κ3) is 4.23. The summed E-state index contributed by atoms with van der Waals surface area (Å²) in [6.07, 6.45) is -4.83. The van der Waals surface area contributed by atoms with Crippen molar-refractivity contribution in [1.82, 2.24) is 9.29 Å². The summed E-state index contributed by atoms with van der Waals surface area (Å²) >= 11 is 1.39. The number of ether oxygens (including phenoxy) is 1. The van der Waals surface area contributed by atoms with Crippen LogP contribution in [0.5, 0.6) is 5.75 Å². The van der Waals surface area contributed by atoms with Crippen molar-refractivity contribution in [3.05, 3.63) is 53.5 Å². The molecule has 2 aromatic carbocycles. The number of thiazole rings is 1. The minimum absolute atomic E-state index is 0.132. The monoisotopic (exact) mass is 416 g/mol. The molecule has 0 aliphatic heterocycles. The number of halogens is 3. The summed E-state index contributed by atoms with van der Waals surface area (Å²) in [7, 11) is -2.51. The third-order valence-electron chi connectivity index (χ3n) is 3.95. The van der Waals surface area contributed by atoms with Gasteiger partial charge in [0.2, 0.25) is 10.0 Å². The summed E-state index contributed by atoms with van der Waals surface area (Å²) in [5, 5.41) is 0.624. The fraction of sp³-hybridized carbons (Fsp3) is 0.235. The van der Waals surface area contributed by atoms with Crippen LogP contribution < -0.4 is 4.74 Å². The van der Waals surface area contributed by atoms with Gasteiger partial charge in [0.05, 0.1) is 21.2 Å². The first-order valence-electron chi connectivity index (χ1n) is 7.77. The Hall–Kier alpha value is -2.17. The minimum atomic E-state index is -4.83. The van der Waals surface area contributed by atoms with Crippen LogP contribution in [-0.2, 0) is 10.0 Å². The van der Waals surface area contributed by atoms with E-state index < -0.39 is 28.2 Å². The number of benzene rings is 2. The van der Waals surface area contributed by atoms with Gasteiger partial charge < -0.3 is 4.74 Å². The predicted molar refractivity (Wildman–Crippen MR) is 96.1 cm³/mol. The Morgan fingerprint density at radius 3 is 2.33 bits per heavy atom. The van der Waals surface area contributed by atoms with Gasteiger partial charge in [0.1, 0.15) is 10.8 Å². The molecule has 1 unspecified atom stereocenters. The molecule has 0 bridgehead atoms. The Balaban J connectivity index is 1.84.